The third-order valence-electron chi connectivity index (χ3n) is 3.96. The van der Waals surface area contributed by atoms with Gasteiger partial charge in [-0.05, 0) is 30.5 Å². The lowest BCUT2D eigenvalue weighted by Gasteiger charge is -2.14. The van der Waals surface area contributed by atoms with Crippen molar-refractivity contribution in [3.8, 4) is 11.6 Å². The number of nitrogens with zero attached hydrogens (tertiary/aromatic N) is 2. The summed E-state index contributed by atoms with van der Waals surface area (Å²) in [6.45, 7) is 0. The Kier molecular flexibility index (Phi) is 5.04. The third kappa shape index (κ3) is 3.60. The van der Waals surface area contributed by atoms with E-state index in [4.69, 9.17) is 17.3 Å². The SMILES string of the molecule is NC(=O)c1c(O)cc(CCc2ccccc2)n(-c2ccc(Cl)cn2)c1=O. The summed E-state index contributed by atoms with van der Waals surface area (Å²) in [6.07, 6.45) is 2.50. The van der Waals surface area contributed by atoms with Gasteiger partial charge in [-0.3, -0.25) is 14.2 Å². The summed E-state index contributed by atoms with van der Waals surface area (Å²) < 4.78 is 1.28. The van der Waals surface area contributed by atoms with Crippen LogP contribution < -0.4 is 11.3 Å². The van der Waals surface area contributed by atoms with Crippen molar-refractivity contribution in [2.24, 2.45) is 5.73 Å². The number of carbonyl (C=O) groups is 1. The Hall–Kier alpha value is -3.12. The van der Waals surface area contributed by atoms with Crippen LogP contribution in [-0.2, 0) is 12.8 Å². The van der Waals surface area contributed by atoms with Crippen LogP contribution in [0.1, 0.15) is 21.6 Å². The van der Waals surface area contributed by atoms with Crippen LogP contribution in [0.3, 0.4) is 0 Å². The molecule has 0 radical (unpaired) electrons. The number of pyridine rings is 2. The van der Waals surface area contributed by atoms with E-state index in [9.17, 15) is 14.7 Å². The first-order valence-corrected chi connectivity index (χ1v) is 8.28. The summed E-state index contributed by atoms with van der Waals surface area (Å²) in [5.41, 5.74) is 5.66. The topological polar surface area (TPSA) is 98.2 Å². The number of amides is 1. The highest BCUT2D eigenvalue weighted by Crippen LogP contribution is 2.19. The minimum atomic E-state index is -0.996. The first-order chi connectivity index (χ1) is 12.5. The molecule has 0 aliphatic carbocycles. The number of halogens is 1. The lowest BCUT2D eigenvalue weighted by Crippen LogP contribution is -2.31. The fourth-order valence-corrected chi connectivity index (χ4v) is 2.84. The lowest BCUT2D eigenvalue weighted by molar-refractivity contribution is 0.0996. The molecule has 0 aliphatic rings. The van der Waals surface area contributed by atoms with E-state index in [-0.39, 0.29) is 0 Å². The van der Waals surface area contributed by atoms with Gasteiger partial charge in [0.15, 0.2) is 0 Å². The molecule has 0 aliphatic heterocycles. The van der Waals surface area contributed by atoms with E-state index in [2.05, 4.69) is 4.98 Å². The van der Waals surface area contributed by atoms with Crippen LogP contribution >= 0.6 is 11.6 Å². The van der Waals surface area contributed by atoms with Crippen molar-refractivity contribution >= 4 is 17.5 Å². The molecule has 3 N–H and O–H groups in total. The van der Waals surface area contributed by atoms with E-state index in [0.29, 0.717) is 29.4 Å². The van der Waals surface area contributed by atoms with Crippen LogP contribution in [0.15, 0.2) is 59.5 Å². The van der Waals surface area contributed by atoms with Gasteiger partial charge in [0.2, 0.25) is 0 Å². The van der Waals surface area contributed by atoms with Crippen LogP contribution in [-0.4, -0.2) is 20.6 Å². The Labute approximate surface area is 154 Å². The van der Waals surface area contributed by atoms with E-state index in [1.165, 1.54) is 16.8 Å². The highest BCUT2D eigenvalue weighted by atomic mass is 35.5. The molecule has 6 nitrogen and oxygen atoms in total. The van der Waals surface area contributed by atoms with E-state index < -0.39 is 22.8 Å². The summed E-state index contributed by atoms with van der Waals surface area (Å²) in [5, 5.41) is 10.5. The Balaban J connectivity index is 2.11. The number of rotatable bonds is 5. The molecule has 7 heteroatoms. The summed E-state index contributed by atoms with van der Waals surface area (Å²) >= 11 is 5.86. The van der Waals surface area contributed by atoms with E-state index >= 15 is 0 Å². The second-order valence-corrected chi connectivity index (χ2v) is 6.16. The van der Waals surface area contributed by atoms with Crippen LogP contribution in [0.25, 0.3) is 5.82 Å². The molecule has 1 aromatic carbocycles. The van der Waals surface area contributed by atoms with Crippen molar-refractivity contribution in [3.05, 3.63) is 86.9 Å². The van der Waals surface area contributed by atoms with E-state index in [1.54, 1.807) is 12.1 Å². The minimum absolute atomic E-state index is 0.296. The fraction of sp³-hybridized carbons (Fsp3) is 0.105. The summed E-state index contributed by atoms with van der Waals surface area (Å²) in [6, 6.07) is 14.3. The Bertz CT molecular complexity index is 999. The number of aromatic nitrogens is 2. The summed E-state index contributed by atoms with van der Waals surface area (Å²) in [4.78, 5) is 28.5. The molecule has 3 rings (SSSR count). The molecule has 26 heavy (non-hydrogen) atoms. The van der Waals surface area contributed by atoms with Crippen LogP contribution in [0.5, 0.6) is 5.75 Å². The molecule has 0 saturated heterocycles. The predicted molar refractivity (Wildman–Crippen MR) is 98.9 cm³/mol. The molecule has 0 bridgehead atoms. The number of aromatic hydroxyl groups is 1. The van der Waals surface area contributed by atoms with Gasteiger partial charge in [-0.1, -0.05) is 41.9 Å². The van der Waals surface area contributed by atoms with Gasteiger partial charge in [0.25, 0.3) is 11.5 Å². The zero-order valence-electron chi connectivity index (χ0n) is 13.7. The first-order valence-electron chi connectivity index (χ1n) is 7.91. The number of primary amides is 1. The van der Waals surface area contributed by atoms with E-state index in [0.717, 1.165) is 5.56 Å². The maximum atomic E-state index is 12.8. The maximum absolute atomic E-state index is 12.8. The quantitative estimate of drug-likeness (QED) is 0.721. The van der Waals surface area contributed by atoms with Gasteiger partial charge in [-0.25, -0.2) is 4.98 Å². The van der Waals surface area contributed by atoms with Crippen LogP contribution in [0.2, 0.25) is 5.02 Å². The molecule has 2 heterocycles. The Morgan fingerprint density at radius 3 is 2.50 bits per heavy atom. The molecule has 0 unspecified atom stereocenters. The predicted octanol–water partition coefficient (Wildman–Crippen LogP) is 2.48. The van der Waals surface area contributed by atoms with Gasteiger partial charge >= 0.3 is 0 Å². The fourth-order valence-electron chi connectivity index (χ4n) is 2.73. The number of benzene rings is 1. The van der Waals surface area contributed by atoms with Crippen molar-refractivity contribution < 1.29 is 9.90 Å². The van der Waals surface area contributed by atoms with Crippen molar-refractivity contribution in [1.82, 2.24) is 9.55 Å². The molecule has 0 spiro atoms. The van der Waals surface area contributed by atoms with Crippen molar-refractivity contribution in [2.45, 2.75) is 12.8 Å². The molecule has 1 amide bonds. The van der Waals surface area contributed by atoms with Gasteiger partial charge in [0.05, 0.1) is 5.02 Å². The molecular formula is C19H16ClN3O3. The van der Waals surface area contributed by atoms with Crippen molar-refractivity contribution in [1.29, 1.82) is 0 Å². The Morgan fingerprint density at radius 2 is 1.88 bits per heavy atom. The van der Waals surface area contributed by atoms with Crippen LogP contribution in [0.4, 0.5) is 0 Å². The van der Waals surface area contributed by atoms with Gasteiger partial charge in [0.1, 0.15) is 17.1 Å². The second-order valence-electron chi connectivity index (χ2n) is 5.72. The van der Waals surface area contributed by atoms with Gasteiger partial charge in [-0.15, -0.1) is 0 Å². The third-order valence-corrected chi connectivity index (χ3v) is 4.19. The highest BCUT2D eigenvalue weighted by molar-refractivity contribution is 6.30. The number of aryl methyl sites for hydroxylation is 2. The summed E-state index contributed by atoms with van der Waals surface area (Å²) in [5.74, 6) is -1.13. The summed E-state index contributed by atoms with van der Waals surface area (Å²) in [7, 11) is 0. The normalized spacial score (nSPS) is 10.7. The number of nitrogens with two attached hydrogens (primary N) is 1. The average Bonchev–Trinajstić information content (AvgIpc) is 2.61. The molecule has 0 saturated carbocycles. The number of hydrogen-bond acceptors (Lipinski definition) is 4. The molecular weight excluding hydrogens is 354 g/mol. The van der Waals surface area contributed by atoms with Gasteiger partial charge in [-0.2, -0.15) is 0 Å². The highest BCUT2D eigenvalue weighted by Gasteiger charge is 2.20. The zero-order chi connectivity index (χ0) is 18.7. The molecule has 0 fully saturated rings. The molecule has 0 atom stereocenters. The lowest BCUT2D eigenvalue weighted by atomic mass is 10.1. The number of hydrogen-bond donors (Lipinski definition) is 2. The van der Waals surface area contributed by atoms with Crippen LogP contribution in [0, 0.1) is 0 Å². The monoisotopic (exact) mass is 369 g/mol. The minimum Gasteiger partial charge on any atom is -0.507 e. The standard InChI is InChI=1S/C19H16ClN3O3/c20-13-7-9-16(22-11-13)23-14(8-6-12-4-2-1-3-5-12)10-15(24)17(18(21)25)19(23)26/h1-5,7,9-11,24H,6,8H2,(H2,21,25). The average molecular weight is 370 g/mol. The number of carbonyl (C=O) groups excluding carboxylic acids is 1. The van der Waals surface area contributed by atoms with E-state index in [1.807, 2.05) is 30.3 Å². The largest absolute Gasteiger partial charge is 0.507 e. The van der Waals surface area contributed by atoms with Gasteiger partial charge < -0.3 is 10.8 Å². The van der Waals surface area contributed by atoms with Crippen molar-refractivity contribution in [3.63, 3.8) is 0 Å². The molecule has 132 valence electrons. The zero-order valence-corrected chi connectivity index (χ0v) is 14.5. The maximum Gasteiger partial charge on any atom is 0.273 e. The van der Waals surface area contributed by atoms with Crippen molar-refractivity contribution in [2.75, 3.05) is 0 Å². The second kappa shape index (κ2) is 7.41. The smallest absolute Gasteiger partial charge is 0.273 e. The Morgan fingerprint density at radius 1 is 1.15 bits per heavy atom. The first kappa shape index (κ1) is 17.7. The molecule has 2 aromatic heterocycles. The molecule has 3 aromatic rings. The van der Waals surface area contributed by atoms with Gasteiger partial charge in [0, 0.05) is 18.0 Å².